The molecule has 22 heavy (non-hydrogen) atoms. The Morgan fingerprint density at radius 3 is 2.73 bits per heavy atom. The van der Waals surface area contributed by atoms with Gasteiger partial charge in [-0.05, 0) is 52.5 Å². The number of aryl methyl sites for hydroxylation is 1. The standard InChI is InChI=1S/C17H23N3O2/c1-11-9-18-10-15(19-11)12-7-13-5-6-14(8-12)20(13)16(21)22-17(2,3)4/h7,9-10,13-14H,5-6,8H2,1-4H3. The number of carbonyl (C=O) groups excluding carboxylic acids is 1. The summed E-state index contributed by atoms with van der Waals surface area (Å²) < 4.78 is 5.55. The van der Waals surface area contributed by atoms with Gasteiger partial charge in [-0.3, -0.25) is 14.9 Å². The molecule has 118 valence electrons. The number of amides is 1. The maximum absolute atomic E-state index is 12.4. The van der Waals surface area contributed by atoms with Gasteiger partial charge in [0.1, 0.15) is 5.60 Å². The Morgan fingerprint density at radius 2 is 2.09 bits per heavy atom. The van der Waals surface area contributed by atoms with E-state index in [1.54, 1.807) is 12.4 Å². The lowest BCUT2D eigenvalue weighted by atomic mass is 9.99. The first kappa shape index (κ1) is 15.0. The van der Waals surface area contributed by atoms with Crippen LogP contribution in [0.15, 0.2) is 18.5 Å². The molecule has 0 radical (unpaired) electrons. The third-order valence-corrected chi connectivity index (χ3v) is 4.08. The first-order chi connectivity index (χ1) is 10.3. The van der Waals surface area contributed by atoms with Gasteiger partial charge in [0, 0.05) is 12.2 Å². The molecule has 0 N–H and O–H groups in total. The van der Waals surface area contributed by atoms with Crippen LogP contribution in [0.25, 0.3) is 5.57 Å². The zero-order valence-electron chi connectivity index (χ0n) is 13.7. The van der Waals surface area contributed by atoms with E-state index in [4.69, 9.17) is 4.74 Å². The van der Waals surface area contributed by atoms with Gasteiger partial charge in [0.2, 0.25) is 0 Å². The average molecular weight is 301 g/mol. The molecule has 0 spiro atoms. The summed E-state index contributed by atoms with van der Waals surface area (Å²) in [4.78, 5) is 23.1. The Kier molecular flexibility index (Phi) is 3.67. The molecule has 2 aliphatic heterocycles. The van der Waals surface area contributed by atoms with Gasteiger partial charge < -0.3 is 4.74 Å². The van der Waals surface area contributed by atoms with Crippen molar-refractivity contribution in [3.8, 4) is 0 Å². The molecule has 0 aromatic carbocycles. The highest BCUT2D eigenvalue weighted by Crippen LogP contribution is 2.38. The van der Waals surface area contributed by atoms with Crippen LogP contribution in [0.1, 0.15) is 51.4 Å². The molecule has 1 aromatic rings. The van der Waals surface area contributed by atoms with E-state index >= 15 is 0 Å². The van der Waals surface area contributed by atoms with Gasteiger partial charge in [-0.2, -0.15) is 0 Å². The fourth-order valence-electron chi connectivity index (χ4n) is 3.24. The number of fused-ring (bicyclic) bond motifs is 2. The number of hydrogen-bond acceptors (Lipinski definition) is 4. The summed E-state index contributed by atoms with van der Waals surface area (Å²) >= 11 is 0. The second-order valence-electron chi connectivity index (χ2n) is 7.13. The van der Waals surface area contributed by atoms with Gasteiger partial charge in [-0.25, -0.2) is 4.79 Å². The number of ether oxygens (including phenoxy) is 1. The predicted octanol–water partition coefficient (Wildman–Crippen LogP) is 3.34. The van der Waals surface area contributed by atoms with Crippen LogP contribution in [0.2, 0.25) is 0 Å². The smallest absolute Gasteiger partial charge is 0.411 e. The summed E-state index contributed by atoms with van der Waals surface area (Å²) in [7, 11) is 0. The van der Waals surface area contributed by atoms with Gasteiger partial charge in [-0.1, -0.05) is 6.08 Å². The Morgan fingerprint density at radius 1 is 1.32 bits per heavy atom. The lowest BCUT2D eigenvalue weighted by molar-refractivity contribution is 0.0175. The Balaban J connectivity index is 1.82. The van der Waals surface area contributed by atoms with E-state index in [1.165, 1.54) is 5.57 Å². The highest BCUT2D eigenvalue weighted by molar-refractivity contribution is 5.74. The van der Waals surface area contributed by atoms with Crippen molar-refractivity contribution >= 4 is 11.7 Å². The predicted molar refractivity (Wildman–Crippen MR) is 84.2 cm³/mol. The van der Waals surface area contributed by atoms with Crippen LogP contribution in [0, 0.1) is 6.92 Å². The van der Waals surface area contributed by atoms with E-state index in [1.807, 2.05) is 32.6 Å². The van der Waals surface area contributed by atoms with Crippen molar-refractivity contribution in [1.29, 1.82) is 0 Å². The second kappa shape index (κ2) is 5.38. The zero-order valence-corrected chi connectivity index (χ0v) is 13.7. The van der Waals surface area contributed by atoms with Crippen LogP contribution >= 0.6 is 0 Å². The molecule has 0 aliphatic carbocycles. The molecule has 2 aliphatic rings. The number of aromatic nitrogens is 2. The first-order valence-electron chi connectivity index (χ1n) is 7.84. The molecule has 1 amide bonds. The minimum atomic E-state index is -0.456. The summed E-state index contributed by atoms with van der Waals surface area (Å²) in [5.74, 6) is 0. The van der Waals surface area contributed by atoms with E-state index < -0.39 is 5.60 Å². The number of hydrogen-bond donors (Lipinski definition) is 0. The fraction of sp³-hybridized carbons (Fsp3) is 0.588. The Labute approximate surface area is 131 Å². The summed E-state index contributed by atoms with van der Waals surface area (Å²) in [6, 6.07) is 0.327. The molecule has 2 unspecified atom stereocenters. The average Bonchev–Trinajstić information content (AvgIpc) is 2.68. The number of carbonyl (C=O) groups is 1. The van der Waals surface area contributed by atoms with Crippen LogP contribution in [0.3, 0.4) is 0 Å². The molecule has 1 aromatic heterocycles. The number of rotatable bonds is 1. The lowest BCUT2D eigenvalue weighted by Crippen LogP contribution is -2.45. The zero-order chi connectivity index (χ0) is 15.9. The topological polar surface area (TPSA) is 55.3 Å². The van der Waals surface area contributed by atoms with E-state index in [-0.39, 0.29) is 18.2 Å². The van der Waals surface area contributed by atoms with Gasteiger partial charge >= 0.3 is 6.09 Å². The lowest BCUT2D eigenvalue weighted by Gasteiger charge is -2.35. The van der Waals surface area contributed by atoms with Crippen molar-refractivity contribution in [2.45, 2.75) is 64.6 Å². The fourth-order valence-corrected chi connectivity index (χ4v) is 3.24. The molecule has 5 nitrogen and oxygen atoms in total. The van der Waals surface area contributed by atoms with Crippen molar-refractivity contribution < 1.29 is 9.53 Å². The first-order valence-corrected chi connectivity index (χ1v) is 7.84. The van der Waals surface area contributed by atoms with Gasteiger partial charge in [0.05, 0.1) is 23.6 Å². The van der Waals surface area contributed by atoms with E-state index in [9.17, 15) is 4.79 Å². The Hall–Kier alpha value is -1.91. The minimum absolute atomic E-state index is 0.117. The van der Waals surface area contributed by atoms with E-state index in [2.05, 4.69) is 16.0 Å². The molecule has 2 atom stereocenters. The quantitative estimate of drug-likeness (QED) is 0.798. The second-order valence-corrected chi connectivity index (χ2v) is 7.13. The third-order valence-electron chi connectivity index (χ3n) is 4.08. The molecule has 2 bridgehead atoms. The largest absolute Gasteiger partial charge is 0.444 e. The highest BCUT2D eigenvalue weighted by Gasteiger charge is 2.41. The SMILES string of the molecule is Cc1cncc(C2=CC3CCC(C2)N3C(=O)OC(C)(C)C)n1. The van der Waals surface area contributed by atoms with Crippen molar-refractivity contribution in [2.75, 3.05) is 0 Å². The van der Waals surface area contributed by atoms with Crippen LogP contribution < -0.4 is 0 Å². The third kappa shape index (κ3) is 2.98. The summed E-state index contributed by atoms with van der Waals surface area (Å²) in [6.45, 7) is 7.66. The van der Waals surface area contributed by atoms with Gasteiger partial charge in [0.25, 0.3) is 0 Å². The van der Waals surface area contributed by atoms with Crippen LogP contribution in [-0.2, 0) is 4.74 Å². The summed E-state index contributed by atoms with van der Waals surface area (Å²) in [5, 5.41) is 0. The summed E-state index contributed by atoms with van der Waals surface area (Å²) in [6.07, 6.45) is 8.36. The highest BCUT2D eigenvalue weighted by atomic mass is 16.6. The maximum Gasteiger partial charge on any atom is 0.411 e. The molecule has 3 heterocycles. The molecule has 1 fully saturated rings. The number of nitrogens with zero attached hydrogens (tertiary/aromatic N) is 3. The molecular formula is C17H23N3O2. The van der Waals surface area contributed by atoms with Crippen molar-refractivity contribution in [3.63, 3.8) is 0 Å². The molecule has 1 saturated heterocycles. The van der Waals surface area contributed by atoms with E-state index in [0.717, 1.165) is 30.7 Å². The van der Waals surface area contributed by atoms with Crippen LogP contribution in [0.4, 0.5) is 4.79 Å². The molecular weight excluding hydrogens is 278 g/mol. The van der Waals surface area contributed by atoms with Crippen LogP contribution in [0.5, 0.6) is 0 Å². The monoisotopic (exact) mass is 301 g/mol. The summed E-state index contributed by atoms with van der Waals surface area (Å²) in [5.41, 5.74) is 2.59. The molecule has 5 heteroatoms. The molecule has 3 rings (SSSR count). The van der Waals surface area contributed by atoms with Crippen molar-refractivity contribution in [3.05, 3.63) is 29.9 Å². The van der Waals surface area contributed by atoms with Crippen LogP contribution in [-0.4, -0.2) is 38.6 Å². The van der Waals surface area contributed by atoms with Gasteiger partial charge in [0.15, 0.2) is 0 Å². The van der Waals surface area contributed by atoms with Crippen molar-refractivity contribution in [1.82, 2.24) is 14.9 Å². The molecule has 0 saturated carbocycles. The normalized spacial score (nSPS) is 24.2. The van der Waals surface area contributed by atoms with Crippen molar-refractivity contribution in [2.24, 2.45) is 0 Å². The maximum atomic E-state index is 12.4. The van der Waals surface area contributed by atoms with E-state index in [0.29, 0.717) is 0 Å². The minimum Gasteiger partial charge on any atom is -0.444 e. The Bertz CT molecular complexity index is 619. The van der Waals surface area contributed by atoms with Gasteiger partial charge in [-0.15, -0.1) is 0 Å².